The van der Waals surface area contributed by atoms with Crippen LogP contribution in [0.25, 0.3) is 0 Å². The highest BCUT2D eigenvalue weighted by Crippen LogP contribution is 2.28. The lowest BCUT2D eigenvalue weighted by Gasteiger charge is -2.35. The Kier molecular flexibility index (Phi) is 5.69. The van der Waals surface area contributed by atoms with Crippen LogP contribution in [0.5, 0.6) is 0 Å². The van der Waals surface area contributed by atoms with Crippen molar-refractivity contribution in [3.63, 3.8) is 0 Å². The van der Waals surface area contributed by atoms with Crippen LogP contribution in [0.3, 0.4) is 0 Å². The third-order valence-electron chi connectivity index (χ3n) is 4.78. The molecule has 0 N–H and O–H groups in total. The van der Waals surface area contributed by atoms with Crippen molar-refractivity contribution in [1.82, 2.24) is 4.90 Å². The topological polar surface area (TPSA) is 54.5 Å². The first-order valence-corrected chi connectivity index (χ1v) is 10.1. The molecule has 2 rings (SSSR count). The van der Waals surface area contributed by atoms with E-state index in [0.717, 1.165) is 25.7 Å². The fourth-order valence-electron chi connectivity index (χ4n) is 3.64. The van der Waals surface area contributed by atoms with Crippen LogP contribution in [-0.4, -0.2) is 43.3 Å². The molecule has 0 spiro atoms. The molecule has 0 bridgehead atoms. The molecule has 1 aliphatic heterocycles. The molecular formula is C16H29NO3S. The van der Waals surface area contributed by atoms with E-state index < -0.39 is 9.84 Å². The van der Waals surface area contributed by atoms with Crippen LogP contribution >= 0.6 is 0 Å². The van der Waals surface area contributed by atoms with Gasteiger partial charge in [0.15, 0.2) is 9.84 Å². The molecule has 0 radical (unpaired) electrons. The van der Waals surface area contributed by atoms with Gasteiger partial charge in [-0.15, -0.1) is 0 Å². The van der Waals surface area contributed by atoms with E-state index >= 15 is 0 Å². The van der Waals surface area contributed by atoms with Crippen molar-refractivity contribution < 1.29 is 13.2 Å². The molecule has 0 aromatic carbocycles. The standard InChI is InChI=1S/C16H29NO3S/c1-13(2)12-21(19,20)15-8-10-17(11-9-15)16(18)14-6-4-3-5-7-14/h13-15H,3-12H2,1-2H3. The van der Waals surface area contributed by atoms with E-state index in [2.05, 4.69) is 0 Å². The lowest BCUT2D eigenvalue weighted by Crippen LogP contribution is -2.45. The van der Waals surface area contributed by atoms with Gasteiger partial charge in [-0.3, -0.25) is 4.79 Å². The molecule has 0 aromatic heterocycles. The van der Waals surface area contributed by atoms with Gasteiger partial charge < -0.3 is 4.90 Å². The summed E-state index contributed by atoms with van der Waals surface area (Å²) in [6, 6.07) is 0. The first-order valence-electron chi connectivity index (χ1n) is 8.40. The van der Waals surface area contributed by atoms with Crippen molar-refractivity contribution in [3.05, 3.63) is 0 Å². The summed E-state index contributed by atoms with van der Waals surface area (Å²) in [4.78, 5) is 14.4. The second-order valence-corrected chi connectivity index (χ2v) is 9.41. The molecule has 1 saturated heterocycles. The Morgan fingerprint density at radius 1 is 1.05 bits per heavy atom. The number of hydrogen-bond acceptors (Lipinski definition) is 3. The first-order chi connectivity index (χ1) is 9.90. The molecule has 2 aliphatic rings. The maximum Gasteiger partial charge on any atom is 0.225 e. The molecular weight excluding hydrogens is 286 g/mol. The number of likely N-dealkylation sites (tertiary alicyclic amines) is 1. The Morgan fingerprint density at radius 3 is 2.14 bits per heavy atom. The maximum atomic E-state index is 12.5. The smallest absolute Gasteiger partial charge is 0.225 e. The summed E-state index contributed by atoms with van der Waals surface area (Å²) in [5, 5.41) is -0.240. The monoisotopic (exact) mass is 315 g/mol. The number of amides is 1. The van der Waals surface area contributed by atoms with E-state index in [4.69, 9.17) is 0 Å². The van der Waals surface area contributed by atoms with E-state index in [-0.39, 0.29) is 28.7 Å². The molecule has 1 amide bonds. The van der Waals surface area contributed by atoms with Gasteiger partial charge in [-0.05, 0) is 31.6 Å². The van der Waals surface area contributed by atoms with Gasteiger partial charge in [0, 0.05) is 19.0 Å². The fourth-order valence-corrected chi connectivity index (χ4v) is 5.77. The highest BCUT2D eigenvalue weighted by atomic mass is 32.2. The minimum absolute atomic E-state index is 0.178. The average molecular weight is 315 g/mol. The van der Waals surface area contributed by atoms with E-state index in [1.165, 1.54) is 6.42 Å². The molecule has 5 heteroatoms. The van der Waals surface area contributed by atoms with E-state index in [0.29, 0.717) is 25.9 Å². The number of carbonyl (C=O) groups excluding carboxylic acids is 1. The van der Waals surface area contributed by atoms with Crippen LogP contribution in [0, 0.1) is 11.8 Å². The average Bonchev–Trinajstić information content (AvgIpc) is 2.46. The van der Waals surface area contributed by atoms with Crippen molar-refractivity contribution in [3.8, 4) is 0 Å². The largest absolute Gasteiger partial charge is 0.342 e. The minimum Gasteiger partial charge on any atom is -0.342 e. The van der Waals surface area contributed by atoms with Crippen molar-refractivity contribution in [2.75, 3.05) is 18.8 Å². The van der Waals surface area contributed by atoms with Gasteiger partial charge in [-0.2, -0.15) is 0 Å². The van der Waals surface area contributed by atoms with Crippen LogP contribution in [-0.2, 0) is 14.6 Å². The second kappa shape index (κ2) is 7.12. The van der Waals surface area contributed by atoms with Gasteiger partial charge in [-0.1, -0.05) is 33.1 Å². The van der Waals surface area contributed by atoms with Crippen LogP contribution in [0.15, 0.2) is 0 Å². The van der Waals surface area contributed by atoms with Gasteiger partial charge in [0.05, 0.1) is 11.0 Å². The molecule has 1 aliphatic carbocycles. The number of sulfone groups is 1. The Bertz CT molecular complexity index is 444. The molecule has 21 heavy (non-hydrogen) atoms. The van der Waals surface area contributed by atoms with E-state index in [1.54, 1.807) is 0 Å². The van der Waals surface area contributed by atoms with E-state index in [1.807, 2.05) is 18.7 Å². The lowest BCUT2D eigenvalue weighted by atomic mass is 9.88. The van der Waals surface area contributed by atoms with Gasteiger partial charge in [-0.25, -0.2) is 8.42 Å². The Morgan fingerprint density at radius 2 is 1.62 bits per heavy atom. The minimum atomic E-state index is -2.99. The van der Waals surface area contributed by atoms with E-state index in [9.17, 15) is 13.2 Å². The summed E-state index contributed by atoms with van der Waals surface area (Å²) < 4.78 is 24.5. The zero-order chi connectivity index (χ0) is 15.5. The number of piperidine rings is 1. The molecule has 1 heterocycles. The van der Waals surface area contributed by atoms with Crippen LogP contribution in [0.1, 0.15) is 58.8 Å². The Hall–Kier alpha value is -0.580. The van der Waals surface area contributed by atoms with Crippen molar-refractivity contribution in [2.45, 2.75) is 64.0 Å². The zero-order valence-electron chi connectivity index (χ0n) is 13.4. The van der Waals surface area contributed by atoms with Gasteiger partial charge in [0.25, 0.3) is 0 Å². The zero-order valence-corrected chi connectivity index (χ0v) is 14.2. The fraction of sp³-hybridized carbons (Fsp3) is 0.938. The van der Waals surface area contributed by atoms with Crippen molar-refractivity contribution in [1.29, 1.82) is 0 Å². The molecule has 2 fully saturated rings. The summed E-state index contributed by atoms with van der Waals surface area (Å²) in [6.07, 6.45) is 6.85. The van der Waals surface area contributed by atoms with Crippen LogP contribution in [0.4, 0.5) is 0 Å². The highest BCUT2D eigenvalue weighted by Gasteiger charge is 2.34. The maximum absolute atomic E-state index is 12.5. The van der Waals surface area contributed by atoms with Crippen LogP contribution < -0.4 is 0 Å². The Labute approximate surface area is 129 Å². The molecule has 1 saturated carbocycles. The summed E-state index contributed by atoms with van der Waals surface area (Å²) in [6.45, 7) is 5.13. The first kappa shape index (κ1) is 16.8. The molecule has 0 unspecified atom stereocenters. The van der Waals surface area contributed by atoms with Gasteiger partial charge in [0.1, 0.15) is 0 Å². The quantitative estimate of drug-likeness (QED) is 0.801. The second-order valence-electron chi connectivity index (χ2n) is 7.08. The van der Waals surface area contributed by atoms with Crippen molar-refractivity contribution >= 4 is 15.7 Å². The third kappa shape index (κ3) is 4.44. The Balaban J connectivity index is 1.86. The number of carbonyl (C=O) groups is 1. The number of hydrogen-bond donors (Lipinski definition) is 0. The summed E-state index contributed by atoms with van der Waals surface area (Å²) in [5.74, 6) is 0.919. The lowest BCUT2D eigenvalue weighted by molar-refractivity contribution is -0.137. The van der Waals surface area contributed by atoms with Gasteiger partial charge in [0.2, 0.25) is 5.91 Å². The highest BCUT2D eigenvalue weighted by molar-refractivity contribution is 7.92. The molecule has 122 valence electrons. The molecule has 0 aromatic rings. The summed E-state index contributed by atoms with van der Waals surface area (Å²) >= 11 is 0. The predicted molar refractivity (Wildman–Crippen MR) is 84.8 cm³/mol. The van der Waals surface area contributed by atoms with Gasteiger partial charge >= 0.3 is 0 Å². The summed E-state index contributed by atoms with van der Waals surface area (Å²) in [7, 11) is -2.99. The third-order valence-corrected chi connectivity index (χ3v) is 7.40. The summed E-state index contributed by atoms with van der Waals surface area (Å²) in [5.41, 5.74) is 0. The van der Waals surface area contributed by atoms with Crippen molar-refractivity contribution in [2.24, 2.45) is 11.8 Å². The number of rotatable bonds is 4. The predicted octanol–water partition coefficient (Wildman–Crippen LogP) is 2.63. The molecule has 4 nitrogen and oxygen atoms in total. The normalized spacial score (nSPS) is 22.7. The van der Waals surface area contributed by atoms with Crippen LogP contribution in [0.2, 0.25) is 0 Å². The number of nitrogens with zero attached hydrogens (tertiary/aromatic N) is 1. The SMILES string of the molecule is CC(C)CS(=O)(=O)C1CCN(C(=O)C2CCCCC2)CC1. The molecule has 0 atom stereocenters.